The number of hydrogen-bond donors (Lipinski definition) is 0. The summed E-state index contributed by atoms with van der Waals surface area (Å²) in [6.45, 7) is -6.05. The van der Waals surface area contributed by atoms with Gasteiger partial charge in [0, 0.05) is 21.5 Å². The molecule has 0 fully saturated rings. The van der Waals surface area contributed by atoms with Crippen molar-refractivity contribution in [2.24, 2.45) is 0 Å². The maximum atomic E-state index is 8.14. The highest BCUT2D eigenvalue weighted by Gasteiger charge is 2.02. The molecule has 0 aliphatic rings. The van der Waals surface area contributed by atoms with E-state index in [0.717, 1.165) is 5.56 Å². The molecule has 0 bridgehead atoms. The summed E-state index contributed by atoms with van der Waals surface area (Å²) in [7, 11) is 0. The Balaban J connectivity index is 2.61. The maximum Gasteiger partial charge on any atom is 0.0435 e. The van der Waals surface area contributed by atoms with Gasteiger partial charge in [-0.3, -0.25) is 4.98 Å². The van der Waals surface area contributed by atoms with E-state index in [1.54, 1.807) is 6.07 Å². The third-order valence-corrected chi connectivity index (χ3v) is 2.12. The van der Waals surface area contributed by atoms with E-state index < -0.39 is 19.6 Å². The van der Waals surface area contributed by atoms with Crippen LogP contribution in [0.25, 0.3) is 11.1 Å². The molecule has 0 aliphatic heterocycles. The third kappa shape index (κ3) is 2.24. The average molecular weight is 204 g/mol. The highest BCUT2D eigenvalue weighted by atomic mass is 14.7. The molecule has 0 radical (unpaired) electrons. The molecular weight excluding hydrogens is 182 g/mol. The molecule has 1 nitrogen and oxygen atoms in total. The molecular formula is C14H15N. The molecule has 1 aromatic carbocycles. The summed E-state index contributed by atoms with van der Waals surface area (Å²) in [6.07, 6.45) is 1.33. The minimum Gasteiger partial charge on any atom is -0.261 e. The van der Waals surface area contributed by atoms with Crippen LogP contribution in [-0.4, -0.2) is 4.98 Å². The molecule has 0 amide bonds. The topological polar surface area (TPSA) is 12.9 Å². The smallest absolute Gasteiger partial charge is 0.0435 e. The van der Waals surface area contributed by atoms with Crippen molar-refractivity contribution < 1.29 is 9.60 Å². The summed E-state index contributed by atoms with van der Waals surface area (Å²) in [5, 5.41) is 0. The van der Waals surface area contributed by atoms with Crippen molar-refractivity contribution >= 4 is 0 Å². The van der Waals surface area contributed by atoms with Gasteiger partial charge in [-0.05, 0) is 29.2 Å². The largest absolute Gasteiger partial charge is 0.261 e. The minimum atomic E-state index is -3.03. The Morgan fingerprint density at radius 3 is 2.67 bits per heavy atom. The van der Waals surface area contributed by atoms with Crippen molar-refractivity contribution in [2.45, 2.75) is 19.6 Å². The molecule has 0 aliphatic carbocycles. The predicted molar refractivity (Wildman–Crippen MR) is 63.8 cm³/mol. The first-order valence-electron chi connectivity index (χ1n) is 8.09. The van der Waals surface area contributed by atoms with Gasteiger partial charge in [0.15, 0.2) is 0 Å². The summed E-state index contributed by atoms with van der Waals surface area (Å²) in [6, 6.07) is 12.1. The zero-order valence-electron chi connectivity index (χ0n) is 15.1. The Bertz CT molecular complexity index is 632. The van der Waals surface area contributed by atoms with Gasteiger partial charge in [-0.25, -0.2) is 0 Å². The molecule has 0 spiro atoms. The van der Waals surface area contributed by atoms with Gasteiger partial charge in [0.1, 0.15) is 0 Å². The first-order chi connectivity index (χ1) is 10.1. The molecule has 1 heteroatoms. The van der Waals surface area contributed by atoms with E-state index in [0.29, 0.717) is 5.56 Å². The van der Waals surface area contributed by atoms with Crippen LogP contribution in [0, 0.1) is 0 Å². The molecule has 1 aromatic heterocycles. The number of hydrogen-bond acceptors (Lipinski definition) is 1. The Hall–Kier alpha value is -1.63. The Morgan fingerprint density at radius 1 is 1.13 bits per heavy atom. The van der Waals surface area contributed by atoms with E-state index in [1.807, 2.05) is 30.3 Å². The summed E-state index contributed by atoms with van der Waals surface area (Å²) in [5.41, 5.74) is 1.13. The van der Waals surface area contributed by atoms with E-state index in [2.05, 4.69) is 4.98 Å². The van der Waals surface area contributed by atoms with Crippen molar-refractivity contribution in [1.29, 1.82) is 0 Å². The monoisotopic (exact) mass is 204 g/mol. The molecule has 0 saturated heterocycles. The van der Waals surface area contributed by atoms with Crippen LogP contribution >= 0.6 is 0 Å². The third-order valence-electron chi connectivity index (χ3n) is 2.12. The second-order valence-electron chi connectivity index (χ2n) is 3.17. The highest BCUT2D eigenvalue weighted by Crippen LogP contribution is 2.21. The van der Waals surface area contributed by atoms with Crippen LogP contribution in [-0.2, 0) is 0 Å². The molecule has 0 atom stereocenters. The van der Waals surface area contributed by atoms with Crippen LogP contribution in [0.5, 0.6) is 0 Å². The molecule has 0 N–H and O–H groups in total. The lowest BCUT2D eigenvalue weighted by molar-refractivity contribution is 0.823. The first-order valence-corrected chi connectivity index (χ1v) is 4.59. The van der Waals surface area contributed by atoms with Crippen LogP contribution in [0.1, 0.15) is 34.9 Å². The number of pyridine rings is 1. The number of aromatic nitrogens is 1. The zero-order chi connectivity index (χ0) is 16.6. The number of benzene rings is 1. The predicted octanol–water partition coefficient (Wildman–Crippen LogP) is 3.87. The van der Waals surface area contributed by atoms with Crippen molar-refractivity contribution in [1.82, 2.24) is 4.98 Å². The van der Waals surface area contributed by atoms with Crippen LogP contribution in [0.2, 0.25) is 0 Å². The molecule has 76 valence electrons. The van der Waals surface area contributed by atoms with Crippen molar-refractivity contribution in [3.05, 3.63) is 54.4 Å². The molecule has 0 unspecified atom stereocenters. The molecule has 0 saturated carbocycles. The number of nitrogens with zero attached hydrogens (tertiary/aromatic N) is 1. The van der Waals surface area contributed by atoms with Crippen molar-refractivity contribution in [3.8, 4) is 11.1 Å². The average Bonchev–Trinajstić information content (AvgIpc) is 2.45. The second-order valence-corrected chi connectivity index (χ2v) is 3.17. The lowest BCUT2D eigenvalue weighted by Crippen LogP contribution is -1.92. The maximum absolute atomic E-state index is 8.14. The van der Waals surface area contributed by atoms with E-state index >= 15 is 0 Å². The zero-order valence-corrected chi connectivity index (χ0v) is 8.07. The van der Waals surface area contributed by atoms with Gasteiger partial charge in [-0.1, -0.05) is 44.0 Å². The van der Waals surface area contributed by atoms with Crippen molar-refractivity contribution in [2.75, 3.05) is 0 Å². The summed E-state index contributed by atoms with van der Waals surface area (Å²) in [5.74, 6) is -2.77. The van der Waals surface area contributed by atoms with E-state index in [-0.39, 0.29) is 5.69 Å². The van der Waals surface area contributed by atoms with Crippen LogP contribution in [0.15, 0.2) is 48.7 Å². The molecule has 1 heterocycles. The van der Waals surface area contributed by atoms with Gasteiger partial charge in [0.05, 0.1) is 0 Å². The van der Waals surface area contributed by atoms with Gasteiger partial charge in [-0.15, -0.1) is 0 Å². The Labute approximate surface area is 101 Å². The van der Waals surface area contributed by atoms with Crippen LogP contribution in [0.3, 0.4) is 0 Å². The van der Waals surface area contributed by atoms with E-state index in [1.165, 1.54) is 12.3 Å². The van der Waals surface area contributed by atoms with E-state index in [9.17, 15) is 0 Å². The fourth-order valence-corrected chi connectivity index (χ4v) is 1.38. The van der Waals surface area contributed by atoms with Crippen LogP contribution < -0.4 is 0 Å². The SMILES string of the molecule is [2H]C([2H])([2H])C([2H])(c1cc(-c2ccccc2)ccn1)C([2H])([2H])[2H]. The van der Waals surface area contributed by atoms with Gasteiger partial charge < -0.3 is 0 Å². The normalized spacial score (nSPS) is 19.9. The first kappa shape index (κ1) is 4.48. The minimum absolute atomic E-state index is 0.283. The molecule has 2 rings (SSSR count). The summed E-state index contributed by atoms with van der Waals surface area (Å²) < 4.78 is 53.1. The van der Waals surface area contributed by atoms with Gasteiger partial charge in [-0.2, -0.15) is 0 Å². The van der Waals surface area contributed by atoms with Gasteiger partial charge >= 0.3 is 0 Å². The lowest BCUT2D eigenvalue weighted by atomic mass is 10.0. The van der Waals surface area contributed by atoms with E-state index in [4.69, 9.17) is 9.60 Å². The summed E-state index contributed by atoms with van der Waals surface area (Å²) >= 11 is 0. The van der Waals surface area contributed by atoms with Gasteiger partial charge in [0.2, 0.25) is 0 Å². The van der Waals surface area contributed by atoms with Crippen molar-refractivity contribution in [3.63, 3.8) is 0 Å². The highest BCUT2D eigenvalue weighted by molar-refractivity contribution is 5.63. The summed E-state index contributed by atoms with van der Waals surface area (Å²) in [4.78, 5) is 3.86. The quantitative estimate of drug-likeness (QED) is 0.723. The lowest BCUT2D eigenvalue weighted by Gasteiger charge is -2.06. The van der Waals surface area contributed by atoms with Crippen LogP contribution in [0.4, 0.5) is 0 Å². The fraction of sp³-hybridized carbons (Fsp3) is 0.214. The molecule has 2 aromatic rings. The standard InChI is InChI=1S/C14H15N/c1-11(2)14-10-13(8-9-15-14)12-6-4-3-5-7-12/h3-11H,1-2H3/i1D3,2D3,11D. The Kier molecular flexibility index (Phi) is 1.27. The fourth-order valence-electron chi connectivity index (χ4n) is 1.38. The van der Waals surface area contributed by atoms with Gasteiger partial charge in [0.25, 0.3) is 0 Å². The molecule has 15 heavy (non-hydrogen) atoms. The second kappa shape index (κ2) is 4.26. The number of rotatable bonds is 2. The Morgan fingerprint density at radius 2 is 1.93 bits per heavy atom.